The third-order valence-electron chi connectivity index (χ3n) is 5.84. The zero-order valence-corrected chi connectivity index (χ0v) is 21.0. The molecule has 3 aromatic carbocycles. The number of para-hydroxylation sites is 1. The van der Waals surface area contributed by atoms with Gasteiger partial charge >= 0.3 is 12.1 Å². The molecule has 4 aromatic rings. The Morgan fingerprint density at radius 1 is 1.09 bits per heavy atom. The van der Waals surface area contributed by atoms with Gasteiger partial charge in [-0.25, -0.2) is 4.98 Å². The first kappa shape index (κ1) is 24.9. The van der Waals surface area contributed by atoms with E-state index >= 15 is 0 Å². The molecule has 1 N–H and O–H groups in total. The molecular formula is C26H21F3IN3O2. The fraction of sp³-hybridized carbons (Fsp3) is 0.192. The predicted octanol–water partition coefficient (Wildman–Crippen LogP) is 6.67. The van der Waals surface area contributed by atoms with E-state index in [-0.39, 0.29) is 11.2 Å². The Kier molecular flexibility index (Phi) is 6.98. The Balaban J connectivity index is 1.87. The molecule has 5 nitrogen and oxygen atoms in total. The second-order valence-corrected chi connectivity index (χ2v) is 9.30. The van der Waals surface area contributed by atoms with E-state index in [1.54, 1.807) is 30.3 Å². The van der Waals surface area contributed by atoms with Crippen LogP contribution in [0.15, 0.2) is 71.5 Å². The number of amides is 1. The third kappa shape index (κ3) is 5.09. The quantitative estimate of drug-likeness (QED) is 0.264. The van der Waals surface area contributed by atoms with Crippen LogP contribution in [-0.4, -0.2) is 21.6 Å². The number of nitrogens with one attached hydrogen (secondary N) is 1. The van der Waals surface area contributed by atoms with Gasteiger partial charge in [-0.1, -0.05) is 38.1 Å². The van der Waals surface area contributed by atoms with Crippen LogP contribution in [0.4, 0.5) is 18.9 Å². The fourth-order valence-electron chi connectivity index (χ4n) is 3.70. The van der Waals surface area contributed by atoms with E-state index in [0.717, 1.165) is 12.0 Å². The Morgan fingerprint density at radius 3 is 2.40 bits per heavy atom. The Bertz CT molecular complexity index is 1460. The highest BCUT2D eigenvalue weighted by Crippen LogP contribution is 2.29. The Labute approximate surface area is 213 Å². The van der Waals surface area contributed by atoms with Crippen molar-refractivity contribution in [3.8, 4) is 17.1 Å². The molecule has 0 aliphatic heterocycles. The zero-order chi connectivity index (χ0) is 25.3. The van der Waals surface area contributed by atoms with Crippen molar-refractivity contribution in [2.45, 2.75) is 32.4 Å². The summed E-state index contributed by atoms with van der Waals surface area (Å²) < 4.78 is 39.9. The van der Waals surface area contributed by atoms with Crippen molar-refractivity contribution < 1.29 is 18.0 Å². The summed E-state index contributed by atoms with van der Waals surface area (Å²) in [6.07, 6.45) is -4.01. The maximum atomic E-state index is 13.5. The van der Waals surface area contributed by atoms with Crippen molar-refractivity contribution in [2.75, 3.05) is 5.32 Å². The topological polar surface area (TPSA) is 64.0 Å². The van der Waals surface area contributed by atoms with Crippen molar-refractivity contribution in [3.05, 3.63) is 86.2 Å². The number of halogens is 4. The SMILES string of the molecule is CCC(C)c1ccc(-n2c(-c3ccc(NC(=O)C(F)(F)F)c(I)c3)nc3ccccc3c2=O)cc1. The van der Waals surface area contributed by atoms with E-state index in [9.17, 15) is 22.8 Å². The van der Waals surface area contributed by atoms with Crippen LogP contribution in [0.1, 0.15) is 31.7 Å². The molecule has 0 radical (unpaired) electrons. The number of anilines is 1. The number of carbonyl (C=O) groups excluding carboxylic acids is 1. The lowest BCUT2D eigenvalue weighted by atomic mass is 9.98. The molecule has 0 spiro atoms. The highest BCUT2D eigenvalue weighted by atomic mass is 127. The van der Waals surface area contributed by atoms with Gasteiger partial charge in [-0.15, -0.1) is 0 Å². The number of rotatable bonds is 5. The maximum Gasteiger partial charge on any atom is 0.471 e. The van der Waals surface area contributed by atoms with Crippen LogP contribution in [0.3, 0.4) is 0 Å². The first-order chi connectivity index (χ1) is 16.6. The normalized spacial score (nSPS) is 12.5. The molecule has 1 heterocycles. The van der Waals surface area contributed by atoms with Crippen LogP contribution in [0.25, 0.3) is 28.0 Å². The molecular weight excluding hydrogens is 570 g/mol. The Hall–Kier alpha value is -3.21. The Morgan fingerprint density at radius 2 is 1.77 bits per heavy atom. The first-order valence-corrected chi connectivity index (χ1v) is 12.0. The van der Waals surface area contributed by atoms with E-state index in [2.05, 4.69) is 13.8 Å². The zero-order valence-electron chi connectivity index (χ0n) is 18.9. The molecule has 1 atom stereocenters. The largest absolute Gasteiger partial charge is 0.471 e. The highest BCUT2D eigenvalue weighted by Gasteiger charge is 2.39. The van der Waals surface area contributed by atoms with Crippen LogP contribution in [-0.2, 0) is 4.79 Å². The van der Waals surface area contributed by atoms with E-state index < -0.39 is 12.1 Å². The molecule has 0 bridgehead atoms. The fourth-order valence-corrected chi connectivity index (χ4v) is 4.35. The number of fused-ring (bicyclic) bond motifs is 1. The van der Waals surface area contributed by atoms with Crippen molar-refractivity contribution in [2.24, 2.45) is 0 Å². The van der Waals surface area contributed by atoms with Crippen LogP contribution in [0, 0.1) is 3.57 Å². The van der Waals surface area contributed by atoms with Gasteiger partial charge in [0.2, 0.25) is 0 Å². The molecule has 4 rings (SSSR count). The average Bonchev–Trinajstić information content (AvgIpc) is 2.84. The molecule has 1 unspecified atom stereocenters. The molecule has 0 fully saturated rings. The van der Waals surface area contributed by atoms with Gasteiger partial charge in [0.15, 0.2) is 0 Å². The number of alkyl halides is 3. The monoisotopic (exact) mass is 591 g/mol. The summed E-state index contributed by atoms with van der Waals surface area (Å²) in [4.78, 5) is 29.6. The number of aromatic nitrogens is 2. The minimum Gasteiger partial charge on any atom is -0.317 e. The van der Waals surface area contributed by atoms with E-state index in [1.807, 2.05) is 52.2 Å². The van der Waals surface area contributed by atoms with Crippen molar-refractivity contribution in [3.63, 3.8) is 0 Å². The van der Waals surface area contributed by atoms with Gasteiger partial charge in [0.25, 0.3) is 5.56 Å². The number of nitrogens with zero attached hydrogens (tertiary/aromatic N) is 2. The first-order valence-electron chi connectivity index (χ1n) is 10.9. The standard InChI is InChI=1S/C26H21F3IN3O2/c1-3-15(2)16-8-11-18(12-9-16)33-23(31-21-7-5-4-6-19(21)24(33)34)17-10-13-22(20(30)14-17)32-25(35)26(27,28)29/h4-15H,3H2,1-2H3,(H,32,35). The van der Waals surface area contributed by atoms with Crippen molar-refractivity contribution in [1.82, 2.24) is 9.55 Å². The van der Waals surface area contributed by atoms with Gasteiger partial charge in [0.05, 0.1) is 22.3 Å². The highest BCUT2D eigenvalue weighted by molar-refractivity contribution is 14.1. The second kappa shape index (κ2) is 9.80. The van der Waals surface area contributed by atoms with Crippen LogP contribution in [0.2, 0.25) is 0 Å². The summed E-state index contributed by atoms with van der Waals surface area (Å²) in [6, 6.07) is 19.2. The van der Waals surface area contributed by atoms with Crippen LogP contribution in [0.5, 0.6) is 0 Å². The molecule has 0 aliphatic carbocycles. The second-order valence-electron chi connectivity index (χ2n) is 8.14. The number of hydrogen-bond donors (Lipinski definition) is 1. The summed E-state index contributed by atoms with van der Waals surface area (Å²) >= 11 is 1.85. The van der Waals surface area contributed by atoms with Crippen molar-refractivity contribution in [1.29, 1.82) is 0 Å². The van der Waals surface area contributed by atoms with Gasteiger partial charge in [0, 0.05) is 9.13 Å². The molecule has 0 saturated carbocycles. The van der Waals surface area contributed by atoms with Crippen LogP contribution < -0.4 is 10.9 Å². The minimum absolute atomic E-state index is 0.0178. The molecule has 0 saturated heterocycles. The lowest BCUT2D eigenvalue weighted by Gasteiger charge is -2.16. The summed E-state index contributed by atoms with van der Waals surface area (Å²) in [5, 5.41) is 2.33. The molecule has 1 aromatic heterocycles. The molecule has 35 heavy (non-hydrogen) atoms. The molecule has 9 heteroatoms. The smallest absolute Gasteiger partial charge is 0.317 e. The molecule has 0 aliphatic rings. The molecule has 1 amide bonds. The number of carbonyl (C=O) groups is 1. The number of hydrogen-bond acceptors (Lipinski definition) is 3. The van der Waals surface area contributed by atoms with Gasteiger partial charge in [-0.2, -0.15) is 13.2 Å². The van der Waals surface area contributed by atoms with E-state index in [1.165, 1.54) is 16.7 Å². The lowest BCUT2D eigenvalue weighted by Crippen LogP contribution is -2.30. The summed E-state index contributed by atoms with van der Waals surface area (Å²) in [5.74, 6) is -1.34. The van der Waals surface area contributed by atoms with Crippen molar-refractivity contribution >= 4 is 45.1 Å². The number of benzene rings is 3. The van der Waals surface area contributed by atoms with Gasteiger partial charge in [-0.3, -0.25) is 14.2 Å². The van der Waals surface area contributed by atoms with E-state index in [4.69, 9.17) is 4.98 Å². The lowest BCUT2D eigenvalue weighted by molar-refractivity contribution is -0.167. The summed E-state index contributed by atoms with van der Waals surface area (Å²) in [5.41, 5.74) is 2.56. The summed E-state index contributed by atoms with van der Waals surface area (Å²) in [6.45, 7) is 4.24. The maximum absolute atomic E-state index is 13.5. The van der Waals surface area contributed by atoms with Crippen LogP contribution >= 0.6 is 22.6 Å². The average molecular weight is 591 g/mol. The minimum atomic E-state index is -5.00. The summed E-state index contributed by atoms with van der Waals surface area (Å²) in [7, 11) is 0. The van der Waals surface area contributed by atoms with E-state index in [0.29, 0.717) is 37.5 Å². The van der Waals surface area contributed by atoms with Gasteiger partial charge in [-0.05, 0) is 83.0 Å². The van der Waals surface area contributed by atoms with Gasteiger partial charge < -0.3 is 5.32 Å². The predicted molar refractivity (Wildman–Crippen MR) is 139 cm³/mol. The third-order valence-corrected chi connectivity index (χ3v) is 6.73. The van der Waals surface area contributed by atoms with Gasteiger partial charge in [0.1, 0.15) is 5.82 Å². The molecule has 180 valence electrons.